The number of rotatable bonds is 5. The molecule has 2 aromatic rings. The van der Waals surface area contributed by atoms with Crippen molar-refractivity contribution in [2.75, 3.05) is 45.9 Å². The van der Waals surface area contributed by atoms with Crippen molar-refractivity contribution >= 4 is 29.9 Å². The average Bonchev–Trinajstić information content (AvgIpc) is 3.19. The maximum absolute atomic E-state index is 5.98. The number of nitrogens with zero attached hydrogens (tertiary/aromatic N) is 5. The van der Waals surface area contributed by atoms with Gasteiger partial charge in [0, 0.05) is 51.5 Å². The van der Waals surface area contributed by atoms with Crippen molar-refractivity contribution in [3.8, 4) is 0 Å². The molecule has 0 saturated carbocycles. The van der Waals surface area contributed by atoms with E-state index in [1.54, 1.807) is 0 Å². The van der Waals surface area contributed by atoms with Gasteiger partial charge in [0.2, 0.25) is 0 Å². The fraction of sp³-hybridized carbons (Fsp3) is 0.545. The Bertz CT molecular complexity index is 839. The van der Waals surface area contributed by atoms with E-state index in [-0.39, 0.29) is 30.1 Å². The van der Waals surface area contributed by atoms with Crippen LogP contribution in [-0.2, 0) is 24.8 Å². The molecule has 164 valence electrons. The lowest BCUT2D eigenvalue weighted by molar-refractivity contribution is -0.00805. The molecule has 4 rings (SSSR count). The number of guanidine groups is 1. The van der Waals surface area contributed by atoms with E-state index in [4.69, 9.17) is 9.73 Å². The number of aliphatic imine (C=N–C) groups is 1. The third-order valence-corrected chi connectivity index (χ3v) is 5.69. The van der Waals surface area contributed by atoms with E-state index < -0.39 is 0 Å². The molecule has 1 unspecified atom stereocenters. The van der Waals surface area contributed by atoms with Crippen molar-refractivity contribution in [3.63, 3.8) is 0 Å². The molecule has 0 bridgehead atoms. The van der Waals surface area contributed by atoms with Crippen molar-refractivity contribution in [1.82, 2.24) is 24.9 Å². The predicted molar refractivity (Wildman–Crippen MR) is 130 cm³/mol. The second-order valence-corrected chi connectivity index (χ2v) is 7.78. The van der Waals surface area contributed by atoms with Gasteiger partial charge in [0.25, 0.3) is 0 Å². The van der Waals surface area contributed by atoms with Gasteiger partial charge >= 0.3 is 0 Å². The highest BCUT2D eigenvalue weighted by molar-refractivity contribution is 14.0. The summed E-state index contributed by atoms with van der Waals surface area (Å²) in [6.07, 6.45) is 5.11. The predicted octanol–water partition coefficient (Wildman–Crippen LogP) is 2.44. The Morgan fingerprint density at radius 1 is 1.27 bits per heavy atom. The molecule has 1 atom stereocenters. The van der Waals surface area contributed by atoms with E-state index >= 15 is 0 Å². The standard InChI is InChI=1S/C22H32N6O.HI/c1-3-23-22(28-12-13-29-21(17-28)20-14-25-26(2)15-20)24-9-11-27-10-8-18-6-4-5-7-19(18)16-27;/h4-7,14-15,21H,3,8-13,16-17H2,1-2H3,(H,23,24);1H. The number of benzene rings is 1. The summed E-state index contributed by atoms with van der Waals surface area (Å²) in [6.45, 7) is 9.29. The Morgan fingerprint density at radius 2 is 2.10 bits per heavy atom. The fourth-order valence-electron chi connectivity index (χ4n) is 4.12. The number of ether oxygens (including phenoxy) is 1. The number of hydrogen-bond donors (Lipinski definition) is 1. The van der Waals surface area contributed by atoms with Crippen molar-refractivity contribution in [2.24, 2.45) is 12.0 Å². The summed E-state index contributed by atoms with van der Waals surface area (Å²) in [6, 6.07) is 8.79. The van der Waals surface area contributed by atoms with Crippen LogP contribution in [0.25, 0.3) is 0 Å². The molecule has 7 nitrogen and oxygen atoms in total. The van der Waals surface area contributed by atoms with E-state index in [0.29, 0.717) is 6.61 Å². The van der Waals surface area contributed by atoms with Gasteiger partial charge in [0.1, 0.15) is 6.10 Å². The summed E-state index contributed by atoms with van der Waals surface area (Å²) in [5.41, 5.74) is 4.08. The quantitative estimate of drug-likeness (QED) is 0.370. The first kappa shape index (κ1) is 23.0. The van der Waals surface area contributed by atoms with E-state index in [1.807, 2.05) is 24.1 Å². The van der Waals surface area contributed by atoms with Crippen LogP contribution in [0.4, 0.5) is 0 Å². The van der Waals surface area contributed by atoms with Gasteiger partial charge in [-0.2, -0.15) is 5.10 Å². The Morgan fingerprint density at radius 3 is 2.87 bits per heavy atom. The van der Waals surface area contributed by atoms with Crippen molar-refractivity contribution < 1.29 is 4.74 Å². The first-order valence-electron chi connectivity index (χ1n) is 10.7. The van der Waals surface area contributed by atoms with Crippen LogP contribution in [0.5, 0.6) is 0 Å². The molecule has 1 N–H and O–H groups in total. The van der Waals surface area contributed by atoms with Crippen LogP contribution in [0.1, 0.15) is 29.7 Å². The van der Waals surface area contributed by atoms with E-state index in [9.17, 15) is 0 Å². The SMILES string of the molecule is CCNC(=NCCN1CCc2ccccc2C1)N1CCOC(c2cnn(C)c2)C1.I. The highest BCUT2D eigenvalue weighted by Gasteiger charge is 2.25. The monoisotopic (exact) mass is 524 g/mol. The Labute approximate surface area is 196 Å². The highest BCUT2D eigenvalue weighted by atomic mass is 127. The lowest BCUT2D eigenvalue weighted by Crippen LogP contribution is -2.48. The van der Waals surface area contributed by atoms with Crippen LogP contribution in [0.15, 0.2) is 41.7 Å². The Balaban J connectivity index is 0.00000256. The minimum absolute atomic E-state index is 0. The molecule has 30 heavy (non-hydrogen) atoms. The zero-order chi connectivity index (χ0) is 20.1. The molecule has 0 radical (unpaired) electrons. The van der Waals surface area contributed by atoms with Gasteiger partial charge in [-0.3, -0.25) is 14.6 Å². The van der Waals surface area contributed by atoms with E-state index in [1.165, 1.54) is 11.1 Å². The summed E-state index contributed by atoms with van der Waals surface area (Å²) in [5.74, 6) is 0.988. The number of hydrogen-bond acceptors (Lipinski definition) is 4. The lowest BCUT2D eigenvalue weighted by atomic mass is 10.00. The summed E-state index contributed by atoms with van der Waals surface area (Å²) < 4.78 is 7.81. The molecule has 0 amide bonds. The largest absolute Gasteiger partial charge is 0.370 e. The summed E-state index contributed by atoms with van der Waals surface area (Å²) in [4.78, 5) is 9.76. The van der Waals surface area contributed by atoms with Gasteiger partial charge in [-0.15, -0.1) is 24.0 Å². The van der Waals surface area contributed by atoms with Gasteiger partial charge in [0.05, 0.1) is 25.9 Å². The molecular formula is C22H33IN6O. The van der Waals surface area contributed by atoms with E-state index in [0.717, 1.165) is 63.8 Å². The Hall–Kier alpha value is -1.65. The van der Waals surface area contributed by atoms with E-state index in [2.05, 4.69) is 51.4 Å². The van der Waals surface area contributed by atoms with Crippen LogP contribution in [-0.4, -0.2) is 71.4 Å². The number of nitrogens with one attached hydrogen (secondary N) is 1. The van der Waals surface area contributed by atoms with Crippen LogP contribution in [0.2, 0.25) is 0 Å². The van der Waals surface area contributed by atoms with Crippen molar-refractivity contribution in [1.29, 1.82) is 0 Å². The number of fused-ring (bicyclic) bond motifs is 1. The molecule has 3 heterocycles. The molecule has 1 aromatic heterocycles. The van der Waals surface area contributed by atoms with Gasteiger partial charge in [-0.1, -0.05) is 24.3 Å². The van der Waals surface area contributed by atoms with Crippen LogP contribution in [0.3, 0.4) is 0 Å². The van der Waals surface area contributed by atoms with Crippen LogP contribution < -0.4 is 5.32 Å². The maximum Gasteiger partial charge on any atom is 0.194 e. The second kappa shape index (κ2) is 11.1. The summed E-state index contributed by atoms with van der Waals surface area (Å²) >= 11 is 0. The molecule has 2 aliphatic rings. The molecule has 1 aromatic carbocycles. The first-order valence-corrected chi connectivity index (χ1v) is 10.7. The number of morpholine rings is 1. The molecular weight excluding hydrogens is 491 g/mol. The minimum atomic E-state index is 0. The zero-order valence-corrected chi connectivity index (χ0v) is 20.3. The first-order chi connectivity index (χ1) is 14.2. The molecule has 0 aliphatic carbocycles. The lowest BCUT2D eigenvalue weighted by Gasteiger charge is -2.35. The van der Waals surface area contributed by atoms with Gasteiger partial charge in [0.15, 0.2) is 5.96 Å². The van der Waals surface area contributed by atoms with Crippen LogP contribution >= 0.6 is 24.0 Å². The number of aryl methyl sites for hydroxylation is 1. The third-order valence-electron chi connectivity index (χ3n) is 5.69. The molecule has 0 spiro atoms. The van der Waals surface area contributed by atoms with Crippen molar-refractivity contribution in [3.05, 3.63) is 53.3 Å². The summed E-state index contributed by atoms with van der Waals surface area (Å²) in [5, 5.41) is 7.75. The number of halogens is 1. The van der Waals surface area contributed by atoms with Gasteiger partial charge < -0.3 is 15.0 Å². The maximum atomic E-state index is 5.98. The van der Waals surface area contributed by atoms with Gasteiger partial charge in [-0.25, -0.2) is 0 Å². The number of aromatic nitrogens is 2. The normalized spacial score (nSPS) is 19.9. The Kier molecular flexibility index (Phi) is 8.52. The minimum Gasteiger partial charge on any atom is -0.370 e. The van der Waals surface area contributed by atoms with Crippen LogP contribution in [0, 0.1) is 0 Å². The molecule has 8 heteroatoms. The summed E-state index contributed by atoms with van der Waals surface area (Å²) in [7, 11) is 1.94. The third kappa shape index (κ3) is 5.73. The molecule has 1 fully saturated rings. The molecule has 1 saturated heterocycles. The van der Waals surface area contributed by atoms with Crippen molar-refractivity contribution in [2.45, 2.75) is 26.0 Å². The zero-order valence-electron chi connectivity index (χ0n) is 18.0. The topological polar surface area (TPSA) is 57.9 Å². The second-order valence-electron chi connectivity index (χ2n) is 7.78. The fourth-order valence-corrected chi connectivity index (χ4v) is 4.12. The smallest absolute Gasteiger partial charge is 0.194 e. The average molecular weight is 524 g/mol. The van der Waals surface area contributed by atoms with Gasteiger partial charge in [-0.05, 0) is 24.5 Å². The molecule has 2 aliphatic heterocycles. The highest BCUT2D eigenvalue weighted by Crippen LogP contribution is 2.22.